The van der Waals surface area contributed by atoms with Crippen molar-refractivity contribution in [1.29, 1.82) is 0 Å². The zero-order valence-electron chi connectivity index (χ0n) is 12.5. The summed E-state index contributed by atoms with van der Waals surface area (Å²) >= 11 is 0. The van der Waals surface area contributed by atoms with Gasteiger partial charge < -0.3 is 10.6 Å². The second kappa shape index (κ2) is 8.20. The molecule has 7 heteroatoms. The summed E-state index contributed by atoms with van der Waals surface area (Å²) in [6, 6.07) is 0.175. The first-order valence-electron chi connectivity index (χ1n) is 6.95. The first-order chi connectivity index (χ1) is 8.75. The summed E-state index contributed by atoms with van der Waals surface area (Å²) in [5, 5.41) is 0. The largest absolute Gasteiger partial charge is 0.340 e. The number of nitrogens with zero attached hydrogens (tertiary/aromatic N) is 1. The summed E-state index contributed by atoms with van der Waals surface area (Å²) in [6.07, 6.45) is 1.01. The van der Waals surface area contributed by atoms with Gasteiger partial charge in [0, 0.05) is 19.0 Å². The molecule has 1 amide bonds. The van der Waals surface area contributed by atoms with Crippen LogP contribution in [0, 0.1) is 11.8 Å². The number of nitrogens with two attached hydrogens (primary N) is 1. The van der Waals surface area contributed by atoms with Gasteiger partial charge in [-0.05, 0) is 31.7 Å². The van der Waals surface area contributed by atoms with E-state index in [1.54, 1.807) is 4.90 Å². The predicted octanol–water partition coefficient (Wildman–Crippen LogP) is 1.06. The topological polar surface area (TPSA) is 80.5 Å². The van der Waals surface area contributed by atoms with E-state index in [0.717, 1.165) is 6.42 Å². The Morgan fingerprint density at radius 2 is 2.00 bits per heavy atom. The van der Waals surface area contributed by atoms with E-state index in [1.165, 1.54) is 0 Å². The van der Waals surface area contributed by atoms with Crippen molar-refractivity contribution in [3.8, 4) is 0 Å². The standard InChI is InChI=1S/C13H26N2O3S.ClH/c1-10(2)9-19(17,18)5-4-13(16)15-8-12(7-14)6-11(15)3;/h10-12H,4-9,14H2,1-3H3;1H. The maximum atomic E-state index is 12.1. The number of carbonyl (C=O) groups excluding carboxylic acids is 1. The van der Waals surface area contributed by atoms with Crippen molar-refractivity contribution in [1.82, 2.24) is 4.90 Å². The van der Waals surface area contributed by atoms with Crippen LogP contribution in [0.5, 0.6) is 0 Å². The molecule has 2 atom stereocenters. The molecule has 1 saturated heterocycles. The Bertz CT molecular complexity index is 412. The van der Waals surface area contributed by atoms with E-state index in [4.69, 9.17) is 5.73 Å². The quantitative estimate of drug-likeness (QED) is 0.791. The molecule has 0 aliphatic carbocycles. The van der Waals surface area contributed by atoms with E-state index in [1.807, 2.05) is 20.8 Å². The number of amides is 1. The van der Waals surface area contributed by atoms with Crippen LogP contribution >= 0.6 is 12.4 Å². The van der Waals surface area contributed by atoms with E-state index in [2.05, 4.69) is 0 Å². The molecule has 0 bridgehead atoms. The molecular weight excluding hydrogens is 300 g/mol. The fourth-order valence-corrected chi connectivity index (χ4v) is 4.31. The summed E-state index contributed by atoms with van der Waals surface area (Å²) in [5.41, 5.74) is 5.62. The Balaban J connectivity index is 0.00000361. The molecule has 5 nitrogen and oxygen atoms in total. The lowest BCUT2D eigenvalue weighted by atomic mass is 10.1. The lowest BCUT2D eigenvalue weighted by Gasteiger charge is -2.21. The molecule has 0 saturated carbocycles. The molecule has 20 heavy (non-hydrogen) atoms. The zero-order chi connectivity index (χ0) is 14.6. The van der Waals surface area contributed by atoms with Crippen LogP contribution in [0.15, 0.2) is 0 Å². The third-order valence-electron chi connectivity index (χ3n) is 3.53. The molecule has 2 unspecified atom stereocenters. The number of sulfone groups is 1. The Hall–Kier alpha value is -0.330. The Morgan fingerprint density at radius 1 is 1.40 bits per heavy atom. The number of rotatable bonds is 6. The van der Waals surface area contributed by atoms with Crippen LogP contribution in [-0.2, 0) is 14.6 Å². The van der Waals surface area contributed by atoms with E-state index < -0.39 is 9.84 Å². The molecule has 0 aromatic carbocycles. The molecule has 2 N–H and O–H groups in total. The molecule has 0 aromatic heterocycles. The molecule has 1 heterocycles. The van der Waals surface area contributed by atoms with Gasteiger partial charge in [-0.3, -0.25) is 4.79 Å². The SMILES string of the molecule is CC(C)CS(=O)(=O)CCC(=O)N1CC(CN)CC1C.Cl. The van der Waals surface area contributed by atoms with Crippen LogP contribution in [0.4, 0.5) is 0 Å². The second-order valence-corrected chi connectivity index (χ2v) is 8.22. The maximum absolute atomic E-state index is 12.1. The molecule has 0 aromatic rings. The summed E-state index contributed by atoms with van der Waals surface area (Å²) < 4.78 is 23.5. The molecule has 0 spiro atoms. The lowest BCUT2D eigenvalue weighted by Crippen LogP contribution is -2.35. The molecule has 1 aliphatic heterocycles. The maximum Gasteiger partial charge on any atom is 0.223 e. The van der Waals surface area contributed by atoms with Gasteiger partial charge >= 0.3 is 0 Å². The highest BCUT2D eigenvalue weighted by Crippen LogP contribution is 2.22. The van der Waals surface area contributed by atoms with Crippen molar-refractivity contribution in [2.45, 2.75) is 39.7 Å². The first-order valence-corrected chi connectivity index (χ1v) is 8.77. The average Bonchev–Trinajstić information content (AvgIpc) is 2.66. The smallest absolute Gasteiger partial charge is 0.223 e. The Morgan fingerprint density at radius 3 is 2.45 bits per heavy atom. The minimum Gasteiger partial charge on any atom is -0.340 e. The predicted molar refractivity (Wildman–Crippen MR) is 83.7 cm³/mol. The average molecular weight is 327 g/mol. The van der Waals surface area contributed by atoms with E-state index >= 15 is 0 Å². The second-order valence-electron chi connectivity index (χ2n) is 5.99. The number of hydrogen-bond donors (Lipinski definition) is 1. The van der Waals surface area contributed by atoms with Crippen LogP contribution in [0.1, 0.15) is 33.6 Å². The fourth-order valence-electron chi connectivity index (χ4n) is 2.64. The van der Waals surface area contributed by atoms with E-state index in [9.17, 15) is 13.2 Å². The highest BCUT2D eigenvalue weighted by Gasteiger charge is 2.31. The summed E-state index contributed by atoms with van der Waals surface area (Å²) in [4.78, 5) is 13.9. The van der Waals surface area contributed by atoms with Crippen LogP contribution in [-0.4, -0.2) is 49.9 Å². The monoisotopic (exact) mass is 326 g/mol. The van der Waals surface area contributed by atoms with Gasteiger partial charge in [0.2, 0.25) is 5.91 Å². The van der Waals surface area contributed by atoms with Crippen molar-refractivity contribution in [2.24, 2.45) is 17.6 Å². The van der Waals surface area contributed by atoms with Gasteiger partial charge in [0.25, 0.3) is 0 Å². The van der Waals surface area contributed by atoms with Gasteiger partial charge in [-0.1, -0.05) is 13.8 Å². The van der Waals surface area contributed by atoms with Crippen molar-refractivity contribution in [3.05, 3.63) is 0 Å². The zero-order valence-corrected chi connectivity index (χ0v) is 14.2. The highest BCUT2D eigenvalue weighted by molar-refractivity contribution is 7.91. The number of likely N-dealkylation sites (tertiary alicyclic amines) is 1. The third kappa shape index (κ3) is 5.97. The molecule has 120 valence electrons. The van der Waals surface area contributed by atoms with Gasteiger partial charge in [0.15, 0.2) is 9.84 Å². The normalized spacial score (nSPS) is 22.9. The van der Waals surface area contributed by atoms with Crippen molar-refractivity contribution in [3.63, 3.8) is 0 Å². The van der Waals surface area contributed by atoms with Crippen LogP contribution < -0.4 is 5.73 Å². The Labute approximate surface area is 128 Å². The van der Waals surface area contributed by atoms with Gasteiger partial charge in [0.05, 0.1) is 11.5 Å². The fraction of sp³-hybridized carbons (Fsp3) is 0.923. The van der Waals surface area contributed by atoms with Crippen LogP contribution in [0.25, 0.3) is 0 Å². The lowest BCUT2D eigenvalue weighted by molar-refractivity contribution is -0.131. The summed E-state index contributed by atoms with van der Waals surface area (Å²) in [5.74, 6) is 0.511. The summed E-state index contributed by atoms with van der Waals surface area (Å²) in [7, 11) is -3.11. The molecule has 1 aliphatic rings. The first kappa shape index (κ1) is 19.7. The van der Waals surface area contributed by atoms with E-state index in [-0.39, 0.29) is 48.2 Å². The Kier molecular flexibility index (Phi) is 8.06. The molecular formula is C13H27ClN2O3S. The van der Waals surface area contributed by atoms with Crippen molar-refractivity contribution >= 4 is 28.2 Å². The van der Waals surface area contributed by atoms with Gasteiger partial charge in [-0.15, -0.1) is 12.4 Å². The van der Waals surface area contributed by atoms with E-state index in [0.29, 0.717) is 19.0 Å². The van der Waals surface area contributed by atoms with Crippen LogP contribution in [0.2, 0.25) is 0 Å². The minimum absolute atomic E-state index is 0. The van der Waals surface area contributed by atoms with Gasteiger partial charge in [-0.2, -0.15) is 0 Å². The van der Waals surface area contributed by atoms with Crippen molar-refractivity contribution in [2.75, 3.05) is 24.6 Å². The number of halogens is 1. The third-order valence-corrected chi connectivity index (χ3v) is 5.53. The molecule has 1 rings (SSSR count). The van der Waals surface area contributed by atoms with Crippen LogP contribution in [0.3, 0.4) is 0 Å². The summed E-state index contributed by atoms with van der Waals surface area (Å²) in [6.45, 7) is 6.98. The minimum atomic E-state index is -3.11. The number of carbonyl (C=O) groups is 1. The van der Waals surface area contributed by atoms with Gasteiger partial charge in [0.1, 0.15) is 0 Å². The van der Waals surface area contributed by atoms with Crippen molar-refractivity contribution < 1.29 is 13.2 Å². The number of hydrogen-bond acceptors (Lipinski definition) is 4. The molecule has 0 radical (unpaired) electrons. The van der Waals surface area contributed by atoms with Gasteiger partial charge in [-0.25, -0.2) is 8.42 Å². The molecule has 1 fully saturated rings. The highest BCUT2D eigenvalue weighted by atomic mass is 35.5.